The van der Waals surface area contributed by atoms with Gasteiger partial charge in [0.1, 0.15) is 17.1 Å². The summed E-state index contributed by atoms with van der Waals surface area (Å²) in [6.45, 7) is 8.59. The highest BCUT2D eigenvalue weighted by Gasteiger charge is 2.34. The van der Waals surface area contributed by atoms with E-state index < -0.39 is 5.97 Å². The highest BCUT2D eigenvalue weighted by Crippen LogP contribution is 2.21. The van der Waals surface area contributed by atoms with Crippen molar-refractivity contribution >= 4 is 33.7 Å². The Labute approximate surface area is 202 Å². The first-order valence-electron chi connectivity index (χ1n) is 11.2. The van der Waals surface area contributed by atoms with Crippen LogP contribution in [-0.4, -0.2) is 69.8 Å². The first-order valence-corrected chi connectivity index (χ1v) is 12.0. The lowest BCUT2D eigenvalue weighted by Crippen LogP contribution is -2.55. The van der Waals surface area contributed by atoms with Crippen LogP contribution in [0.15, 0.2) is 28.7 Å². The van der Waals surface area contributed by atoms with Crippen molar-refractivity contribution in [2.75, 3.05) is 26.2 Å². The topological polar surface area (TPSA) is 92.7 Å². The van der Waals surface area contributed by atoms with Crippen LogP contribution in [0, 0.1) is 6.92 Å². The number of carbonyl (C=O) groups is 3. The van der Waals surface area contributed by atoms with Gasteiger partial charge in [-0.2, -0.15) is 0 Å². The third-order valence-corrected chi connectivity index (χ3v) is 6.01. The number of carbonyl (C=O) groups excluding carboxylic acids is 3. The fourth-order valence-corrected chi connectivity index (χ4v) is 4.40. The minimum absolute atomic E-state index is 0.0726. The molecule has 0 aliphatic carbocycles. The summed E-state index contributed by atoms with van der Waals surface area (Å²) in [5.74, 6) is -0.569. The SMILES string of the molecule is CCCc1nc(C)nc(C(=O)N2CCN(C(=O)c3cccc(Br)c3)C(C)C2)c1C(=O)OCC. The molecule has 3 rings (SSSR count). The van der Waals surface area contributed by atoms with Gasteiger partial charge in [-0.3, -0.25) is 9.59 Å². The molecule has 2 amide bonds. The predicted molar refractivity (Wildman–Crippen MR) is 127 cm³/mol. The molecule has 0 radical (unpaired) electrons. The zero-order chi connectivity index (χ0) is 24.1. The third kappa shape index (κ3) is 5.58. The quantitative estimate of drug-likeness (QED) is 0.543. The molecule has 2 aromatic rings. The van der Waals surface area contributed by atoms with Crippen molar-refractivity contribution in [2.45, 2.75) is 46.6 Å². The molecule has 8 nitrogen and oxygen atoms in total. The van der Waals surface area contributed by atoms with Crippen LogP contribution in [-0.2, 0) is 11.2 Å². The number of esters is 1. The molecule has 0 bridgehead atoms. The van der Waals surface area contributed by atoms with E-state index in [0.717, 1.165) is 10.9 Å². The van der Waals surface area contributed by atoms with E-state index >= 15 is 0 Å². The fourth-order valence-electron chi connectivity index (χ4n) is 4.00. The zero-order valence-corrected chi connectivity index (χ0v) is 21.0. The monoisotopic (exact) mass is 516 g/mol. The lowest BCUT2D eigenvalue weighted by Gasteiger charge is -2.40. The molecule has 0 saturated carbocycles. The summed E-state index contributed by atoms with van der Waals surface area (Å²) in [5, 5.41) is 0. The molecule has 0 N–H and O–H groups in total. The van der Waals surface area contributed by atoms with Crippen molar-refractivity contribution in [3.8, 4) is 0 Å². The zero-order valence-electron chi connectivity index (χ0n) is 19.4. The minimum Gasteiger partial charge on any atom is -0.462 e. The van der Waals surface area contributed by atoms with Crippen LogP contribution in [0.2, 0.25) is 0 Å². The van der Waals surface area contributed by atoms with Gasteiger partial charge in [-0.25, -0.2) is 14.8 Å². The van der Waals surface area contributed by atoms with Crippen molar-refractivity contribution in [3.05, 3.63) is 57.1 Å². The standard InChI is InChI=1S/C24H29BrN4O4/c1-5-8-19-20(24(32)33-6-2)21(27-16(4)26-19)23(31)28-11-12-29(15(3)14-28)22(30)17-9-7-10-18(25)13-17/h7,9-10,13,15H,5-6,8,11-12,14H2,1-4H3. The van der Waals surface area contributed by atoms with Gasteiger partial charge in [0.15, 0.2) is 0 Å². The van der Waals surface area contributed by atoms with E-state index in [1.165, 1.54) is 0 Å². The van der Waals surface area contributed by atoms with Gasteiger partial charge in [-0.05, 0) is 45.4 Å². The van der Waals surface area contributed by atoms with E-state index in [-0.39, 0.29) is 35.7 Å². The number of ether oxygens (including phenoxy) is 1. The molecule has 2 heterocycles. The minimum atomic E-state index is -0.583. The van der Waals surface area contributed by atoms with E-state index in [0.29, 0.717) is 43.1 Å². The van der Waals surface area contributed by atoms with Crippen molar-refractivity contribution in [2.24, 2.45) is 0 Å². The van der Waals surface area contributed by atoms with Gasteiger partial charge >= 0.3 is 5.97 Å². The van der Waals surface area contributed by atoms with Gasteiger partial charge < -0.3 is 14.5 Å². The Hall–Kier alpha value is -2.81. The Morgan fingerprint density at radius 3 is 2.55 bits per heavy atom. The number of piperazine rings is 1. The molecule has 1 atom stereocenters. The Morgan fingerprint density at radius 1 is 1.15 bits per heavy atom. The molecule has 1 aliphatic rings. The molecule has 1 aromatic heterocycles. The molecule has 1 aliphatic heterocycles. The summed E-state index contributed by atoms with van der Waals surface area (Å²) in [6, 6.07) is 7.07. The molecular weight excluding hydrogens is 488 g/mol. The highest BCUT2D eigenvalue weighted by atomic mass is 79.9. The van der Waals surface area contributed by atoms with E-state index in [1.807, 2.05) is 26.0 Å². The average Bonchev–Trinajstić information content (AvgIpc) is 2.78. The second-order valence-electron chi connectivity index (χ2n) is 8.02. The summed E-state index contributed by atoms with van der Waals surface area (Å²) in [5.41, 5.74) is 1.34. The van der Waals surface area contributed by atoms with Crippen LogP contribution in [0.5, 0.6) is 0 Å². The van der Waals surface area contributed by atoms with Crippen molar-refractivity contribution in [3.63, 3.8) is 0 Å². The number of aryl methyl sites for hydroxylation is 2. The molecule has 1 fully saturated rings. The van der Waals surface area contributed by atoms with E-state index in [4.69, 9.17) is 4.74 Å². The maximum atomic E-state index is 13.5. The molecule has 176 valence electrons. The van der Waals surface area contributed by atoms with E-state index in [2.05, 4.69) is 25.9 Å². The number of benzene rings is 1. The van der Waals surface area contributed by atoms with Gasteiger partial charge in [0, 0.05) is 35.7 Å². The number of halogens is 1. The largest absolute Gasteiger partial charge is 0.462 e. The van der Waals surface area contributed by atoms with Crippen molar-refractivity contribution in [1.82, 2.24) is 19.8 Å². The summed E-state index contributed by atoms with van der Waals surface area (Å²) in [6.07, 6.45) is 1.31. The fraction of sp³-hybridized carbons (Fsp3) is 0.458. The normalized spacial score (nSPS) is 16.0. The number of aromatic nitrogens is 2. The van der Waals surface area contributed by atoms with Crippen LogP contribution < -0.4 is 0 Å². The number of nitrogens with zero attached hydrogens (tertiary/aromatic N) is 4. The van der Waals surface area contributed by atoms with Crippen LogP contribution in [0.25, 0.3) is 0 Å². The average molecular weight is 517 g/mol. The number of amides is 2. The lowest BCUT2D eigenvalue weighted by atomic mass is 10.0. The van der Waals surface area contributed by atoms with E-state index in [1.54, 1.807) is 35.8 Å². The van der Waals surface area contributed by atoms with Crippen LogP contribution in [0.1, 0.15) is 69.9 Å². The molecule has 0 spiro atoms. The molecular formula is C24H29BrN4O4. The second-order valence-corrected chi connectivity index (χ2v) is 8.94. The number of hydrogen-bond donors (Lipinski definition) is 0. The Morgan fingerprint density at radius 2 is 1.91 bits per heavy atom. The van der Waals surface area contributed by atoms with Gasteiger partial charge in [0.05, 0.1) is 12.3 Å². The summed E-state index contributed by atoms with van der Waals surface area (Å²) < 4.78 is 6.05. The van der Waals surface area contributed by atoms with Crippen molar-refractivity contribution in [1.29, 1.82) is 0 Å². The molecule has 1 aromatic carbocycles. The summed E-state index contributed by atoms with van der Waals surface area (Å²) in [4.78, 5) is 51.4. The highest BCUT2D eigenvalue weighted by molar-refractivity contribution is 9.10. The predicted octanol–water partition coefficient (Wildman–Crippen LogP) is 3.66. The first-order chi connectivity index (χ1) is 15.8. The van der Waals surface area contributed by atoms with Crippen LogP contribution >= 0.6 is 15.9 Å². The number of hydrogen-bond acceptors (Lipinski definition) is 6. The van der Waals surface area contributed by atoms with Gasteiger partial charge in [0.2, 0.25) is 0 Å². The third-order valence-electron chi connectivity index (χ3n) is 5.51. The number of rotatable bonds is 6. The summed E-state index contributed by atoms with van der Waals surface area (Å²) in [7, 11) is 0. The first kappa shape index (κ1) is 24.8. The Balaban J connectivity index is 1.85. The molecule has 33 heavy (non-hydrogen) atoms. The Bertz CT molecular complexity index is 1060. The second kappa shape index (κ2) is 10.9. The smallest absolute Gasteiger partial charge is 0.342 e. The Kier molecular flexibility index (Phi) is 8.18. The van der Waals surface area contributed by atoms with E-state index in [9.17, 15) is 14.4 Å². The molecule has 1 unspecified atom stereocenters. The summed E-state index contributed by atoms with van der Waals surface area (Å²) >= 11 is 3.40. The van der Waals surface area contributed by atoms with Gasteiger partial charge in [0.25, 0.3) is 11.8 Å². The molecule has 9 heteroatoms. The molecule has 1 saturated heterocycles. The lowest BCUT2D eigenvalue weighted by molar-refractivity contribution is 0.0405. The van der Waals surface area contributed by atoms with Gasteiger partial charge in [-0.1, -0.05) is 35.3 Å². The van der Waals surface area contributed by atoms with Gasteiger partial charge in [-0.15, -0.1) is 0 Å². The van der Waals surface area contributed by atoms with Crippen LogP contribution in [0.4, 0.5) is 0 Å². The maximum Gasteiger partial charge on any atom is 0.342 e. The van der Waals surface area contributed by atoms with Crippen LogP contribution in [0.3, 0.4) is 0 Å². The van der Waals surface area contributed by atoms with Crippen molar-refractivity contribution < 1.29 is 19.1 Å². The maximum absolute atomic E-state index is 13.5.